The molecule has 0 amide bonds. The molecule has 1 heterocycles. The maximum absolute atomic E-state index is 12.2. The van der Waals surface area contributed by atoms with Gasteiger partial charge < -0.3 is 10.7 Å². The van der Waals surface area contributed by atoms with Crippen molar-refractivity contribution in [3.63, 3.8) is 0 Å². The van der Waals surface area contributed by atoms with Gasteiger partial charge in [-0.05, 0) is 24.6 Å². The molecule has 0 saturated heterocycles. The van der Waals surface area contributed by atoms with Crippen LogP contribution in [0.2, 0.25) is 0 Å². The second-order valence-electron chi connectivity index (χ2n) is 4.20. The van der Waals surface area contributed by atoms with E-state index in [0.29, 0.717) is 17.0 Å². The average molecular weight is 310 g/mol. The van der Waals surface area contributed by atoms with Gasteiger partial charge in [0.2, 0.25) is 10.0 Å². The highest BCUT2D eigenvalue weighted by Gasteiger charge is 2.17. The van der Waals surface area contributed by atoms with Crippen LogP contribution in [0.15, 0.2) is 35.5 Å². The van der Waals surface area contributed by atoms with Crippen molar-refractivity contribution < 1.29 is 8.42 Å². The zero-order chi connectivity index (χ0) is 14.8. The Balaban J connectivity index is 2.23. The molecule has 2 aromatic rings. The largest absolute Gasteiger partial charge is 0.389 e. The Kier molecular flexibility index (Phi) is 4.17. The molecule has 20 heavy (non-hydrogen) atoms. The summed E-state index contributed by atoms with van der Waals surface area (Å²) in [7, 11) is -3.60. The van der Waals surface area contributed by atoms with E-state index in [-0.39, 0.29) is 16.4 Å². The summed E-state index contributed by atoms with van der Waals surface area (Å²) >= 11 is 4.86. The number of nitrogens with zero attached hydrogens (tertiary/aromatic N) is 1. The van der Waals surface area contributed by atoms with Crippen molar-refractivity contribution in [2.75, 3.05) is 0 Å². The molecule has 0 unspecified atom stereocenters. The van der Waals surface area contributed by atoms with Crippen molar-refractivity contribution in [2.45, 2.75) is 18.4 Å². The van der Waals surface area contributed by atoms with Crippen LogP contribution < -0.4 is 10.5 Å². The summed E-state index contributed by atoms with van der Waals surface area (Å²) in [6, 6.07) is 4.74. The highest BCUT2D eigenvalue weighted by Crippen LogP contribution is 2.17. The van der Waals surface area contributed by atoms with Gasteiger partial charge in [-0.15, -0.1) is 0 Å². The highest BCUT2D eigenvalue weighted by molar-refractivity contribution is 7.89. The molecule has 0 spiro atoms. The molecule has 6 nitrogen and oxygen atoms in total. The van der Waals surface area contributed by atoms with E-state index in [0.717, 1.165) is 0 Å². The van der Waals surface area contributed by atoms with Crippen LogP contribution >= 0.6 is 12.2 Å². The number of benzene rings is 1. The van der Waals surface area contributed by atoms with E-state index in [1.54, 1.807) is 31.5 Å². The predicted octanol–water partition coefficient (Wildman–Crippen LogP) is 0.831. The Bertz CT molecular complexity index is 724. The molecule has 0 aliphatic carbocycles. The normalized spacial score (nSPS) is 11.4. The van der Waals surface area contributed by atoms with Gasteiger partial charge in [0.25, 0.3) is 0 Å². The van der Waals surface area contributed by atoms with E-state index in [1.165, 1.54) is 6.07 Å². The SMILES string of the molecule is Cc1cc(C(N)=S)ccc1S(=O)(=O)NCc1ncc[nH]1. The number of aryl methyl sites for hydroxylation is 1. The number of imidazole rings is 1. The Labute approximate surface area is 122 Å². The highest BCUT2D eigenvalue weighted by atomic mass is 32.2. The van der Waals surface area contributed by atoms with E-state index in [1.807, 2.05) is 0 Å². The van der Waals surface area contributed by atoms with Crippen LogP contribution in [-0.4, -0.2) is 23.4 Å². The maximum Gasteiger partial charge on any atom is 0.241 e. The Morgan fingerprint density at radius 1 is 1.50 bits per heavy atom. The van der Waals surface area contributed by atoms with E-state index in [2.05, 4.69) is 14.7 Å². The number of thiocarbonyl (C=S) groups is 1. The van der Waals surface area contributed by atoms with Gasteiger partial charge in [0, 0.05) is 18.0 Å². The van der Waals surface area contributed by atoms with Gasteiger partial charge in [-0.1, -0.05) is 18.3 Å². The average Bonchev–Trinajstić information content (AvgIpc) is 2.89. The molecule has 0 fully saturated rings. The van der Waals surface area contributed by atoms with Gasteiger partial charge in [0.05, 0.1) is 11.4 Å². The van der Waals surface area contributed by atoms with Gasteiger partial charge in [0.15, 0.2) is 0 Å². The lowest BCUT2D eigenvalue weighted by Gasteiger charge is -2.09. The van der Waals surface area contributed by atoms with Crippen molar-refractivity contribution >= 4 is 27.2 Å². The van der Waals surface area contributed by atoms with E-state index in [4.69, 9.17) is 18.0 Å². The summed E-state index contributed by atoms with van der Waals surface area (Å²) in [6.07, 6.45) is 3.19. The minimum absolute atomic E-state index is 0.103. The van der Waals surface area contributed by atoms with Crippen molar-refractivity contribution in [1.82, 2.24) is 14.7 Å². The predicted molar refractivity (Wildman–Crippen MR) is 79.7 cm³/mol. The Morgan fingerprint density at radius 2 is 2.25 bits per heavy atom. The van der Waals surface area contributed by atoms with E-state index >= 15 is 0 Å². The number of aromatic amines is 1. The van der Waals surface area contributed by atoms with Crippen molar-refractivity contribution in [3.05, 3.63) is 47.5 Å². The fourth-order valence-corrected chi connectivity index (χ4v) is 3.08. The van der Waals surface area contributed by atoms with Crippen molar-refractivity contribution in [3.8, 4) is 0 Å². The molecule has 0 atom stereocenters. The second kappa shape index (κ2) is 5.70. The van der Waals surface area contributed by atoms with Gasteiger partial charge in [-0.2, -0.15) is 0 Å². The van der Waals surface area contributed by atoms with Gasteiger partial charge in [-0.3, -0.25) is 0 Å². The molecule has 0 aliphatic heterocycles. The summed E-state index contributed by atoms with van der Waals surface area (Å²) in [6.45, 7) is 1.80. The molecular weight excluding hydrogens is 296 g/mol. The zero-order valence-electron chi connectivity index (χ0n) is 10.8. The smallest absolute Gasteiger partial charge is 0.241 e. The third-order valence-electron chi connectivity index (χ3n) is 2.73. The maximum atomic E-state index is 12.2. The molecule has 106 valence electrons. The first-order valence-corrected chi connectivity index (χ1v) is 7.67. The number of nitrogens with one attached hydrogen (secondary N) is 2. The zero-order valence-corrected chi connectivity index (χ0v) is 12.4. The van der Waals surface area contributed by atoms with E-state index in [9.17, 15) is 8.42 Å². The molecule has 1 aromatic heterocycles. The van der Waals surface area contributed by atoms with Crippen LogP contribution in [0.25, 0.3) is 0 Å². The van der Waals surface area contributed by atoms with Crippen LogP contribution in [0.4, 0.5) is 0 Å². The minimum atomic E-state index is -3.60. The molecular formula is C12H14N4O2S2. The quantitative estimate of drug-likeness (QED) is 0.710. The lowest BCUT2D eigenvalue weighted by molar-refractivity contribution is 0.579. The number of H-pyrrole nitrogens is 1. The summed E-state index contributed by atoms with van der Waals surface area (Å²) in [5.41, 5.74) is 6.75. The van der Waals surface area contributed by atoms with Gasteiger partial charge in [-0.25, -0.2) is 18.1 Å². The fourth-order valence-electron chi connectivity index (χ4n) is 1.74. The number of aromatic nitrogens is 2. The molecule has 1 aromatic carbocycles. The number of nitrogens with two attached hydrogens (primary N) is 1. The standard InChI is InChI=1S/C12H14N4O2S2/c1-8-6-9(12(13)19)2-3-10(8)20(17,18)16-7-11-14-4-5-15-11/h2-6,16H,7H2,1H3,(H2,13,19)(H,14,15). The molecule has 0 radical (unpaired) electrons. The number of rotatable bonds is 5. The third kappa shape index (κ3) is 3.21. The molecule has 8 heteroatoms. The first kappa shape index (κ1) is 14.6. The van der Waals surface area contributed by atoms with Crippen LogP contribution in [0.5, 0.6) is 0 Å². The number of sulfonamides is 1. The third-order valence-corrected chi connectivity index (χ3v) is 4.53. The molecule has 0 saturated carbocycles. The molecule has 4 N–H and O–H groups in total. The summed E-state index contributed by atoms with van der Waals surface area (Å²) < 4.78 is 26.9. The van der Waals surface area contributed by atoms with Crippen LogP contribution in [-0.2, 0) is 16.6 Å². The first-order chi connectivity index (χ1) is 9.40. The summed E-state index contributed by atoms with van der Waals surface area (Å²) in [4.78, 5) is 7.22. The lowest BCUT2D eigenvalue weighted by Crippen LogP contribution is -2.24. The van der Waals surface area contributed by atoms with Crippen molar-refractivity contribution in [1.29, 1.82) is 0 Å². The number of hydrogen-bond acceptors (Lipinski definition) is 4. The molecule has 2 rings (SSSR count). The van der Waals surface area contributed by atoms with Gasteiger partial charge in [0.1, 0.15) is 10.8 Å². The second-order valence-corrected chi connectivity index (χ2v) is 6.38. The van der Waals surface area contributed by atoms with Crippen LogP contribution in [0, 0.1) is 6.92 Å². The molecule has 0 aliphatic rings. The summed E-state index contributed by atoms with van der Waals surface area (Å²) in [5, 5.41) is 0. The Morgan fingerprint density at radius 3 is 2.80 bits per heavy atom. The Hall–Kier alpha value is -1.77. The molecule has 0 bridgehead atoms. The van der Waals surface area contributed by atoms with Crippen LogP contribution in [0.1, 0.15) is 17.0 Å². The lowest BCUT2D eigenvalue weighted by atomic mass is 10.1. The minimum Gasteiger partial charge on any atom is -0.389 e. The van der Waals surface area contributed by atoms with Gasteiger partial charge >= 0.3 is 0 Å². The topological polar surface area (TPSA) is 101 Å². The summed E-state index contributed by atoms with van der Waals surface area (Å²) in [5.74, 6) is 0.547. The van der Waals surface area contributed by atoms with Crippen LogP contribution in [0.3, 0.4) is 0 Å². The fraction of sp³-hybridized carbons (Fsp3) is 0.167. The first-order valence-electron chi connectivity index (χ1n) is 5.78. The van der Waals surface area contributed by atoms with Crippen molar-refractivity contribution in [2.24, 2.45) is 5.73 Å². The number of hydrogen-bond donors (Lipinski definition) is 3. The van der Waals surface area contributed by atoms with E-state index < -0.39 is 10.0 Å². The monoisotopic (exact) mass is 310 g/mol.